The average Bonchev–Trinajstić information content (AvgIpc) is 2.81. The van der Waals surface area contributed by atoms with Gasteiger partial charge in [0.05, 0.1) is 0 Å². The minimum absolute atomic E-state index is 0. The molecular weight excluding hydrogens is 306 g/mol. The van der Waals surface area contributed by atoms with Gasteiger partial charge in [0.15, 0.2) is 0 Å². The fraction of sp³-hybridized carbons (Fsp3) is 0.250. The second-order valence-corrected chi connectivity index (χ2v) is 2.47. The van der Waals surface area contributed by atoms with E-state index in [1.165, 1.54) is 29.8 Å². The van der Waals surface area contributed by atoms with E-state index in [-0.39, 0.29) is 24.8 Å². The van der Waals surface area contributed by atoms with Gasteiger partial charge in [-0.25, -0.2) is 23.8 Å². The van der Waals surface area contributed by atoms with Gasteiger partial charge in [0.25, 0.3) is 0 Å². The molecule has 0 bridgehead atoms. The summed E-state index contributed by atoms with van der Waals surface area (Å²) in [4.78, 5) is 0. The molecule has 2 rings (SSSR count). The third kappa shape index (κ3) is 14.3. The van der Waals surface area contributed by atoms with Crippen LogP contribution in [0, 0.1) is 12.2 Å². The van der Waals surface area contributed by atoms with Crippen LogP contribution < -0.4 is 0 Å². The van der Waals surface area contributed by atoms with Crippen LogP contribution in [-0.4, -0.2) is 4.21 Å². The minimum atomic E-state index is 0. The van der Waals surface area contributed by atoms with E-state index in [0.29, 0.717) is 0 Å². The first-order valence-electron chi connectivity index (χ1n) is 4.20. The Bertz CT molecular complexity index is 227. The number of halogens is 2. The summed E-state index contributed by atoms with van der Waals surface area (Å²) in [6, 6.07) is 0. The van der Waals surface area contributed by atoms with Crippen molar-refractivity contribution in [2.24, 2.45) is 0 Å². The molecule has 0 aliphatic heterocycles. The Morgan fingerprint density at radius 2 is 1.87 bits per heavy atom. The van der Waals surface area contributed by atoms with Gasteiger partial charge in [-0.3, -0.25) is 12.2 Å². The summed E-state index contributed by atoms with van der Waals surface area (Å²) in [5.41, 5.74) is 1.27. The summed E-state index contributed by atoms with van der Waals surface area (Å²) >= 11 is 1.30. The molecule has 0 heterocycles. The standard InChI is InChI=1S/C6H7.C5H5.CH2.2ClH.Zr/c1-6-4-2-3-5-6;1-2-4-5-3-1;;;;/h2,4H,3H2,1H3;1-3H,4H2;1H2;2*1H;/q2*-1;;;;+2. The normalized spacial score (nSPS) is 13.7. The molecule has 0 nitrogen and oxygen atoms in total. The molecule has 0 aromatic carbocycles. The summed E-state index contributed by atoms with van der Waals surface area (Å²) in [7, 11) is 0. The number of allylic oxidation sites excluding steroid dienone is 8. The van der Waals surface area contributed by atoms with Gasteiger partial charge in [0, 0.05) is 0 Å². The topological polar surface area (TPSA) is 0 Å². The van der Waals surface area contributed by atoms with Gasteiger partial charge in [0.1, 0.15) is 0 Å². The van der Waals surface area contributed by atoms with Gasteiger partial charge in [-0.2, -0.15) is 12.2 Å². The Morgan fingerprint density at radius 3 is 2.00 bits per heavy atom. The summed E-state index contributed by atoms with van der Waals surface area (Å²) in [6.45, 7) is 2.06. The van der Waals surface area contributed by atoms with Crippen molar-refractivity contribution in [1.29, 1.82) is 0 Å². The molecule has 0 N–H and O–H groups in total. The third-order valence-electron chi connectivity index (χ3n) is 1.45. The van der Waals surface area contributed by atoms with Crippen molar-refractivity contribution in [2.75, 3.05) is 0 Å². The number of hydrogen-bond donors (Lipinski definition) is 0. The molecule has 0 radical (unpaired) electrons. The molecule has 0 aromatic rings. The van der Waals surface area contributed by atoms with Crippen LogP contribution >= 0.6 is 24.8 Å². The molecule has 0 aromatic heterocycles. The van der Waals surface area contributed by atoms with Crippen LogP contribution in [-0.2, 0) is 24.2 Å². The molecule has 15 heavy (non-hydrogen) atoms. The third-order valence-corrected chi connectivity index (χ3v) is 1.45. The van der Waals surface area contributed by atoms with Crippen molar-refractivity contribution >= 4 is 29.0 Å². The van der Waals surface area contributed by atoms with Crippen molar-refractivity contribution < 1.29 is 24.2 Å². The van der Waals surface area contributed by atoms with E-state index in [9.17, 15) is 0 Å². The first-order valence-corrected chi connectivity index (χ1v) is 5.94. The van der Waals surface area contributed by atoms with E-state index in [4.69, 9.17) is 0 Å². The fourth-order valence-corrected chi connectivity index (χ4v) is 0.855. The first-order chi connectivity index (χ1) is 6.39. The molecular formula is C12H16Cl2Zr. The molecule has 82 valence electrons. The molecule has 0 fully saturated rings. The molecule has 0 saturated carbocycles. The predicted molar refractivity (Wildman–Crippen MR) is 69.4 cm³/mol. The average molecular weight is 322 g/mol. The molecule has 2 aliphatic carbocycles. The second kappa shape index (κ2) is 16.7. The summed E-state index contributed by atoms with van der Waals surface area (Å²) in [6.07, 6.45) is 18.3. The Labute approximate surface area is 120 Å². The fourth-order valence-electron chi connectivity index (χ4n) is 0.855. The van der Waals surface area contributed by atoms with E-state index < -0.39 is 0 Å². The Balaban J connectivity index is -0.000000149. The van der Waals surface area contributed by atoms with Crippen LogP contribution in [0.1, 0.15) is 19.8 Å². The maximum atomic E-state index is 3.34. The van der Waals surface area contributed by atoms with Gasteiger partial charge < -0.3 is 0 Å². The Morgan fingerprint density at radius 1 is 1.20 bits per heavy atom. The Kier molecular flexibility index (Phi) is 23.0. The zero-order chi connectivity index (χ0) is 9.94. The molecule has 0 amide bonds. The second-order valence-electron chi connectivity index (χ2n) is 2.47. The van der Waals surface area contributed by atoms with Crippen LogP contribution in [0.25, 0.3) is 0 Å². The Hall–Kier alpha value is 0.293. The van der Waals surface area contributed by atoms with Crippen molar-refractivity contribution in [1.82, 2.24) is 0 Å². The van der Waals surface area contributed by atoms with Crippen molar-refractivity contribution in [3.8, 4) is 0 Å². The summed E-state index contributed by atoms with van der Waals surface area (Å²) in [5.74, 6) is 0. The van der Waals surface area contributed by atoms with E-state index in [1.54, 1.807) is 0 Å². The van der Waals surface area contributed by atoms with Crippen LogP contribution in [0.4, 0.5) is 0 Å². The SMILES string of the molecule is CC1=[C-]CC=C1.Cl.Cl.[C-]1=CC=CC1.[CH2]=[Zr+2]. The molecule has 3 heteroatoms. The van der Waals surface area contributed by atoms with E-state index in [1.807, 2.05) is 12.2 Å². The summed E-state index contributed by atoms with van der Waals surface area (Å²) < 4.78 is 3.34. The van der Waals surface area contributed by atoms with Gasteiger partial charge >= 0.3 is 28.4 Å². The van der Waals surface area contributed by atoms with E-state index >= 15 is 0 Å². The van der Waals surface area contributed by atoms with Gasteiger partial charge in [0.2, 0.25) is 0 Å². The number of hydrogen-bond acceptors (Lipinski definition) is 0. The quantitative estimate of drug-likeness (QED) is 0.595. The van der Waals surface area contributed by atoms with Crippen LogP contribution in [0.15, 0.2) is 36.0 Å². The van der Waals surface area contributed by atoms with Crippen molar-refractivity contribution in [3.05, 3.63) is 48.1 Å². The van der Waals surface area contributed by atoms with Crippen molar-refractivity contribution in [3.63, 3.8) is 0 Å². The molecule has 0 spiro atoms. The molecule has 0 unspecified atom stereocenters. The number of rotatable bonds is 0. The van der Waals surface area contributed by atoms with Crippen LogP contribution in [0.5, 0.6) is 0 Å². The van der Waals surface area contributed by atoms with Crippen molar-refractivity contribution in [2.45, 2.75) is 19.8 Å². The van der Waals surface area contributed by atoms with E-state index in [2.05, 4.69) is 41.5 Å². The van der Waals surface area contributed by atoms with Gasteiger partial charge in [-0.05, 0) is 0 Å². The monoisotopic (exact) mass is 320 g/mol. The summed E-state index contributed by atoms with van der Waals surface area (Å²) in [5, 5.41) is 0. The van der Waals surface area contributed by atoms with Crippen LogP contribution in [0.2, 0.25) is 0 Å². The van der Waals surface area contributed by atoms with E-state index in [0.717, 1.165) is 12.8 Å². The van der Waals surface area contributed by atoms with Crippen LogP contribution in [0.3, 0.4) is 0 Å². The molecule has 0 saturated heterocycles. The zero-order valence-electron chi connectivity index (χ0n) is 8.82. The first kappa shape index (κ1) is 20.7. The zero-order valence-corrected chi connectivity index (χ0v) is 12.9. The van der Waals surface area contributed by atoms with Gasteiger partial charge in [-0.1, -0.05) is 6.92 Å². The maximum absolute atomic E-state index is 3.34. The van der Waals surface area contributed by atoms with Gasteiger partial charge in [-0.15, -0.1) is 37.7 Å². The predicted octanol–water partition coefficient (Wildman–Crippen LogP) is 3.81. The molecule has 0 atom stereocenters. The molecule has 2 aliphatic rings.